The molecule has 2 N–H and O–H groups in total. The molecule has 30 heavy (non-hydrogen) atoms. The number of rotatable bonds is 8. The van der Waals surface area contributed by atoms with Crippen LogP contribution in [-0.2, 0) is 4.57 Å². The van der Waals surface area contributed by atoms with Crippen LogP contribution in [0, 0.1) is 0 Å². The van der Waals surface area contributed by atoms with Crippen LogP contribution in [0.15, 0.2) is 115 Å². The van der Waals surface area contributed by atoms with Crippen LogP contribution in [0.25, 0.3) is 0 Å². The first-order chi connectivity index (χ1) is 14.7. The Bertz CT molecular complexity index is 1060. The molecule has 0 unspecified atom stereocenters. The maximum Gasteiger partial charge on any atom is 0.541 e. The van der Waals surface area contributed by atoms with Gasteiger partial charge in [-0.05, 0) is 60.7 Å². The Morgan fingerprint density at radius 2 is 0.900 bits per heavy atom. The van der Waals surface area contributed by atoms with E-state index in [9.17, 15) is 4.57 Å². The second kappa shape index (κ2) is 9.21. The number of hydrogen-bond acceptors (Lipinski definition) is 4. The third-order valence-electron chi connectivity index (χ3n) is 4.15. The summed E-state index contributed by atoms with van der Waals surface area (Å²) in [7, 11) is -3.74. The Balaban J connectivity index is 1.52. The molecule has 4 aromatic carbocycles. The van der Waals surface area contributed by atoms with E-state index in [0.717, 1.165) is 11.4 Å². The van der Waals surface area contributed by atoms with Gasteiger partial charge in [-0.1, -0.05) is 54.6 Å². The molecule has 0 atom stereocenters. The lowest BCUT2D eigenvalue weighted by Crippen LogP contribution is -2.09. The predicted molar refractivity (Wildman–Crippen MR) is 122 cm³/mol. The molecule has 0 aliphatic heterocycles. The first-order valence-electron chi connectivity index (χ1n) is 9.48. The van der Waals surface area contributed by atoms with E-state index in [1.165, 1.54) is 0 Å². The molecule has 5 nitrogen and oxygen atoms in total. The monoisotopic (exact) mass is 416 g/mol. The molecule has 0 spiro atoms. The van der Waals surface area contributed by atoms with Gasteiger partial charge in [0.2, 0.25) is 0 Å². The quantitative estimate of drug-likeness (QED) is 0.300. The largest absolute Gasteiger partial charge is 0.541 e. The normalized spacial score (nSPS) is 10.8. The fraction of sp³-hybridized carbons (Fsp3) is 0. The first kappa shape index (κ1) is 19.6. The highest BCUT2D eigenvalue weighted by atomic mass is 31.2. The van der Waals surface area contributed by atoms with Gasteiger partial charge in [0.25, 0.3) is 0 Å². The molecule has 0 aromatic heterocycles. The molecule has 0 amide bonds. The van der Waals surface area contributed by atoms with E-state index in [0.29, 0.717) is 17.2 Å². The third-order valence-corrected chi connectivity index (χ3v) is 5.59. The topological polar surface area (TPSA) is 59.6 Å². The minimum Gasteiger partial charge on any atom is -0.400 e. The van der Waals surface area contributed by atoms with Gasteiger partial charge < -0.3 is 14.4 Å². The van der Waals surface area contributed by atoms with Crippen molar-refractivity contribution >= 4 is 24.8 Å². The molecule has 0 saturated carbocycles. The third kappa shape index (κ3) is 5.43. The standard InChI is InChI=1S/C24H21N2O3P/c27-30(28-23-12-6-2-7-13-23,29-24-14-8-3-9-15-24)26-22-18-16-21(17-19-22)25-20-10-4-1-5-11-20/h1-19,25H,(H,26,27). The number of benzene rings is 4. The fourth-order valence-electron chi connectivity index (χ4n) is 2.78. The SMILES string of the molecule is O=P(Nc1ccc(Nc2ccccc2)cc1)(Oc1ccccc1)Oc1ccccc1. The molecule has 0 heterocycles. The van der Waals surface area contributed by atoms with E-state index in [-0.39, 0.29) is 0 Å². The molecule has 4 rings (SSSR count). The maximum absolute atomic E-state index is 13.5. The molecule has 150 valence electrons. The molecule has 6 heteroatoms. The smallest absolute Gasteiger partial charge is 0.400 e. The van der Waals surface area contributed by atoms with Gasteiger partial charge in [0.05, 0.1) is 0 Å². The van der Waals surface area contributed by atoms with Crippen LogP contribution >= 0.6 is 7.75 Å². The zero-order valence-corrected chi connectivity index (χ0v) is 17.0. The minimum atomic E-state index is -3.74. The van der Waals surface area contributed by atoms with Gasteiger partial charge in [-0.3, -0.25) is 5.09 Å². The van der Waals surface area contributed by atoms with E-state index >= 15 is 0 Å². The van der Waals surface area contributed by atoms with Crippen LogP contribution in [0.5, 0.6) is 11.5 Å². The predicted octanol–water partition coefficient (Wildman–Crippen LogP) is 7.11. The van der Waals surface area contributed by atoms with Crippen LogP contribution in [0.1, 0.15) is 0 Å². The average Bonchev–Trinajstić information content (AvgIpc) is 2.77. The summed E-state index contributed by atoms with van der Waals surface area (Å²) in [5, 5.41) is 6.24. The summed E-state index contributed by atoms with van der Waals surface area (Å²) < 4.78 is 25.0. The van der Waals surface area contributed by atoms with E-state index in [1.54, 1.807) is 24.3 Å². The van der Waals surface area contributed by atoms with Gasteiger partial charge >= 0.3 is 7.75 Å². The second-order valence-corrected chi connectivity index (χ2v) is 8.07. The summed E-state index contributed by atoms with van der Waals surface area (Å²) in [5.41, 5.74) is 2.52. The van der Waals surface area contributed by atoms with Gasteiger partial charge in [-0.15, -0.1) is 0 Å². The minimum absolute atomic E-state index is 0.451. The van der Waals surface area contributed by atoms with Crippen LogP contribution < -0.4 is 19.5 Å². The zero-order chi connectivity index (χ0) is 20.7. The lowest BCUT2D eigenvalue weighted by Gasteiger charge is -2.21. The fourth-order valence-corrected chi connectivity index (χ4v) is 4.17. The maximum atomic E-state index is 13.5. The Labute approximate surface area is 175 Å². The second-order valence-electron chi connectivity index (χ2n) is 6.49. The summed E-state index contributed by atoms with van der Waals surface area (Å²) in [6, 6.07) is 35.2. The lowest BCUT2D eigenvalue weighted by atomic mass is 10.2. The Hall–Kier alpha value is -3.69. The molecule has 0 saturated heterocycles. The Kier molecular flexibility index (Phi) is 6.02. The van der Waals surface area contributed by atoms with Crippen molar-refractivity contribution in [3.05, 3.63) is 115 Å². The molecule has 0 radical (unpaired) electrons. The molecule has 0 aliphatic rings. The highest BCUT2D eigenvalue weighted by molar-refractivity contribution is 7.56. The number of anilines is 3. The number of nitrogens with one attached hydrogen (secondary N) is 2. The Morgan fingerprint density at radius 3 is 1.40 bits per heavy atom. The zero-order valence-electron chi connectivity index (χ0n) is 16.1. The summed E-state index contributed by atoms with van der Waals surface area (Å²) >= 11 is 0. The summed E-state index contributed by atoms with van der Waals surface area (Å²) in [6.07, 6.45) is 0. The van der Waals surface area contributed by atoms with Crippen molar-refractivity contribution in [1.29, 1.82) is 0 Å². The Morgan fingerprint density at radius 1 is 0.500 bits per heavy atom. The van der Waals surface area contributed by atoms with Crippen molar-refractivity contribution in [1.82, 2.24) is 0 Å². The van der Waals surface area contributed by atoms with Gasteiger partial charge in [0.15, 0.2) is 0 Å². The van der Waals surface area contributed by atoms with Crippen LogP contribution in [-0.4, -0.2) is 0 Å². The number of hydrogen-bond donors (Lipinski definition) is 2. The van der Waals surface area contributed by atoms with Gasteiger partial charge in [-0.2, -0.15) is 0 Å². The molecule has 0 aliphatic carbocycles. The lowest BCUT2D eigenvalue weighted by molar-refractivity contribution is 0.393. The van der Waals surface area contributed by atoms with Crippen molar-refractivity contribution < 1.29 is 13.6 Å². The van der Waals surface area contributed by atoms with E-state index in [4.69, 9.17) is 9.05 Å². The van der Waals surface area contributed by atoms with Crippen molar-refractivity contribution in [3.63, 3.8) is 0 Å². The van der Waals surface area contributed by atoms with Crippen molar-refractivity contribution in [3.8, 4) is 11.5 Å². The van der Waals surface area contributed by atoms with Crippen molar-refractivity contribution in [2.75, 3.05) is 10.4 Å². The molecule has 0 bridgehead atoms. The highest BCUT2D eigenvalue weighted by Crippen LogP contribution is 2.48. The highest BCUT2D eigenvalue weighted by Gasteiger charge is 2.29. The van der Waals surface area contributed by atoms with Crippen molar-refractivity contribution in [2.45, 2.75) is 0 Å². The van der Waals surface area contributed by atoms with E-state index in [1.807, 2.05) is 91.0 Å². The molecule has 4 aromatic rings. The number of para-hydroxylation sites is 3. The first-order valence-corrected chi connectivity index (χ1v) is 11.0. The van der Waals surface area contributed by atoms with E-state index < -0.39 is 7.75 Å². The molecular weight excluding hydrogens is 395 g/mol. The molecule has 0 fully saturated rings. The van der Waals surface area contributed by atoms with Gasteiger partial charge in [0, 0.05) is 17.1 Å². The van der Waals surface area contributed by atoms with Crippen LogP contribution in [0.2, 0.25) is 0 Å². The van der Waals surface area contributed by atoms with Crippen LogP contribution in [0.3, 0.4) is 0 Å². The molecular formula is C24H21N2O3P. The van der Waals surface area contributed by atoms with Crippen molar-refractivity contribution in [2.24, 2.45) is 0 Å². The van der Waals surface area contributed by atoms with E-state index in [2.05, 4.69) is 10.4 Å². The van der Waals surface area contributed by atoms with Crippen LogP contribution in [0.4, 0.5) is 17.1 Å². The summed E-state index contributed by atoms with van der Waals surface area (Å²) in [6.45, 7) is 0. The summed E-state index contributed by atoms with van der Waals surface area (Å²) in [5.74, 6) is 0.901. The average molecular weight is 416 g/mol. The summed E-state index contributed by atoms with van der Waals surface area (Å²) in [4.78, 5) is 0. The van der Waals surface area contributed by atoms with Gasteiger partial charge in [0.1, 0.15) is 11.5 Å². The van der Waals surface area contributed by atoms with Gasteiger partial charge in [-0.25, -0.2) is 4.57 Å².